The zero-order valence-electron chi connectivity index (χ0n) is 9.44. The number of benzene rings is 1. The second kappa shape index (κ2) is 4.35. The third-order valence-corrected chi connectivity index (χ3v) is 2.91. The van der Waals surface area contributed by atoms with E-state index in [2.05, 4.69) is 10.3 Å². The van der Waals surface area contributed by atoms with E-state index in [1.807, 2.05) is 0 Å². The zero-order chi connectivity index (χ0) is 12.6. The summed E-state index contributed by atoms with van der Waals surface area (Å²) in [5, 5.41) is 12.8. The summed E-state index contributed by atoms with van der Waals surface area (Å²) in [6.45, 7) is 1.81. The molecule has 0 fully saturated rings. The smallest absolute Gasteiger partial charge is 0.263 e. The van der Waals surface area contributed by atoms with Gasteiger partial charge in [0.15, 0.2) is 0 Å². The fraction of sp³-hybridized carbons (Fsp3) is 0.273. The molecule has 90 valence electrons. The molecule has 2 rings (SSSR count). The third-order valence-electron chi connectivity index (χ3n) is 2.65. The highest BCUT2D eigenvalue weighted by atomic mass is 35.5. The maximum atomic E-state index is 12.2. The molecule has 17 heavy (non-hydrogen) atoms. The first-order chi connectivity index (χ1) is 8.04. The van der Waals surface area contributed by atoms with Crippen LogP contribution in [0.3, 0.4) is 0 Å². The van der Waals surface area contributed by atoms with Crippen molar-refractivity contribution in [3.05, 3.63) is 33.8 Å². The van der Waals surface area contributed by atoms with Gasteiger partial charge in [-0.3, -0.25) is 9.36 Å². The van der Waals surface area contributed by atoms with E-state index in [1.165, 1.54) is 22.8 Å². The Bertz CT molecular complexity index is 624. The predicted octanol–water partition coefficient (Wildman–Crippen LogP) is 1.49. The van der Waals surface area contributed by atoms with Crippen molar-refractivity contribution in [3.8, 4) is 5.75 Å². The molecule has 2 aromatic rings. The maximum Gasteiger partial charge on any atom is 0.263 e. The number of hydrogen-bond acceptors (Lipinski definition) is 4. The number of nitrogens with one attached hydrogen (secondary N) is 1. The highest BCUT2D eigenvalue weighted by molar-refractivity contribution is 6.28. The van der Waals surface area contributed by atoms with Crippen molar-refractivity contribution in [2.75, 3.05) is 7.05 Å². The summed E-state index contributed by atoms with van der Waals surface area (Å²) in [7, 11) is 1.73. The van der Waals surface area contributed by atoms with Gasteiger partial charge >= 0.3 is 0 Å². The lowest BCUT2D eigenvalue weighted by atomic mass is 10.2. The molecule has 0 radical (unpaired) electrons. The van der Waals surface area contributed by atoms with Gasteiger partial charge in [0.1, 0.15) is 5.75 Å². The largest absolute Gasteiger partial charge is 0.508 e. The number of aromatic nitrogens is 2. The van der Waals surface area contributed by atoms with Gasteiger partial charge in [-0.15, -0.1) is 0 Å². The van der Waals surface area contributed by atoms with E-state index in [4.69, 9.17) is 11.6 Å². The molecule has 0 bridgehead atoms. The van der Waals surface area contributed by atoms with Gasteiger partial charge in [0.05, 0.1) is 17.1 Å². The van der Waals surface area contributed by atoms with Gasteiger partial charge < -0.3 is 10.4 Å². The predicted molar refractivity (Wildman–Crippen MR) is 66.4 cm³/mol. The first-order valence-electron chi connectivity index (χ1n) is 5.12. The van der Waals surface area contributed by atoms with Gasteiger partial charge in [-0.05, 0) is 37.7 Å². The molecule has 2 N–H and O–H groups in total. The van der Waals surface area contributed by atoms with E-state index < -0.39 is 0 Å². The van der Waals surface area contributed by atoms with Crippen molar-refractivity contribution in [2.24, 2.45) is 0 Å². The Hall–Kier alpha value is -1.59. The molecule has 0 saturated heterocycles. The van der Waals surface area contributed by atoms with Crippen LogP contribution in [0.1, 0.15) is 13.1 Å². The zero-order valence-corrected chi connectivity index (χ0v) is 10.2. The topological polar surface area (TPSA) is 67.2 Å². The molecule has 1 unspecified atom stereocenters. The molecule has 0 saturated carbocycles. The molecule has 0 aliphatic carbocycles. The average molecular weight is 254 g/mol. The Morgan fingerprint density at radius 2 is 2.24 bits per heavy atom. The molecule has 0 spiro atoms. The normalized spacial score (nSPS) is 12.9. The SMILES string of the molecule is CNC(C)n1c(Cl)nc2cc(O)ccc2c1=O. The van der Waals surface area contributed by atoms with Crippen LogP contribution in [0.25, 0.3) is 10.9 Å². The third kappa shape index (κ3) is 1.99. The minimum Gasteiger partial charge on any atom is -0.508 e. The van der Waals surface area contributed by atoms with Crippen molar-refractivity contribution in [3.63, 3.8) is 0 Å². The van der Waals surface area contributed by atoms with E-state index in [0.29, 0.717) is 10.9 Å². The van der Waals surface area contributed by atoms with Gasteiger partial charge in [-0.25, -0.2) is 4.98 Å². The van der Waals surface area contributed by atoms with Crippen LogP contribution in [0, 0.1) is 0 Å². The summed E-state index contributed by atoms with van der Waals surface area (Å²) in [6, 6.07) is 4.40. The van der Waals surface area contributed by atoms with Crippen LogP contribution in [0.2, 0.25) is 5.28 Å². The lowest BCUT2D eigenvalue weighted by Crippen LogP contribution is -2.31. The number of fused-ring (bicyclic) bond motifs is 1. The van der Waals surface area contributed by atoms with Gasteiger partial charge in [0.2, 0.25) is 5.28 Å². The van der Waals surface area contributed by atoms with Crippen molar-refractivity contribution in [1.29, 1.82) is 0 Å². The molecule has 0 aliphatic heterocycles. The first kappa shape index (κ1) is 11.9. The van der Waals surface area contributed by atoms with E-state index in [1.54, 1.807) is 14.0 Å². The molecule has 1 heterocycles. The average Bonchev–Trinajstić information content (AvgIpc) is 2.28. The van der Waals surface area contributed by atoms with Crippen LogP contribution >= 0.6 is 11.6 Å². The number of rotatable bonds is 2. The standard InChI is InChI=1S/C11H12ClN3O2/c1-6(13-2)15-10(17)8-4-3-7(16)5-9(8)14-11(15)12/h3-6,13,16H,1-2H3. The Morgan fingerprint density at radius 1 is 1.53 bits per heavy atom. The lowest BCUT2D eigenvalue weighted by Gasteiger charge is -2.16. The molecular formula is C11H12ClN3O2. The fourth-order valence-electron chi connectivity index (χ4n) is 1.62. The Labute approximate surface area is 103 Å². The second-order valence-electron chi connectivity index (χ2n) is 3.72. The van der Waals surface area contributed by atoms with Gasteiger partial charge in [0.25, 0.3) is 5.56 Å². The molecule has 5 nitrogen and oxygen atoms in total. The van der Waals surface area contributed by atoms with Crippen molar-refractivity contribution >= 4 is 22.5 Å². The molecule has 0 aliphatic rings. The van der Waals surface area contributed by atoms with E-state index in [-0.39, 0.29) is 22.8 Å². The molecule has 1 aromatic heterocycles. The minimum atomic E-state index is -0.249. The first-order valence-corrected chi connectivity index (χ1v) is 5.50. The summed E-state index contributed by atoms with van der Waals surface area (Å²) in [5.74, 6) is 0.0554. The number of halogens is 1. The van der Waals surface area contributed by atoms with Crippen LogP contribution in [0.15, 0.2) is 23.0 Å². The quantitative estimate of drug-likeness (QED) is 0.796. The summed E-state index contributed by atoms with van der Waals surface area (Å²) in [6.07, 6.45) is -0.249. The summed E-state index contributed by atoms with van der Waals surface area (Å²) in [4.78, 5) is 16.3. The molecular weight excluding hydrogens is 242 g/mol. The summed E-state index contributed by atoms with van der Waals surface area (Å²) < 4.78 is 1.36. The Morgan fingerprint density at radius 3 is 2.88 bits per heavy atom. The highest BCUT2D eigenvalue weighted by Crippen LogP contribution is 2.18. The minimum absolute atomic E-state index is 0.0554. The Kier molecular flexibility index (Phi) is 3.04. The molecule has 6 heteroatoms. The van der Waals surface area contributed by atoms with Crippen LogP contribution in [0.5, 0.6) is 5.75 Å². The van der Waals surface area contributed by atoms with Crippen LogP contribution in [-0.4, -0.2) is 21.7 Å². The summed E-state index contributed by atoms with van der Waals surface area (Å²) in [5.41, 5.74) is 0.154. The fourth-order valence-corrected chi connectivity index (χ4v) is 1.94. The second-order valence-corrected chi connectivity index (χ2v) is 4.06. The highest BCUT2D eigenvalue weighted by Gasteiger charge is 2.13. The van der Waals surface area contributed by atoms with Crippen LogP contribution in [0.4, 0.5) is 0 Å². The number of aromatic hydroxyl groups is 1. The molecule has 0 amide bonds. The molecule has 1 aromatic carbocycles. The monoisotopic (exact) mass is 253 g/mol. The maximum absolute atomic E-state index is 12.2. The van der Waals surface area contributed by atoms with Crippen molar-refractivity contribution in [1.82, 2.24) is 14.9 Å². The number of hydrogen-bond donors (Lipinski definition) is 2. The van der Waals surface area contributed by atoms with Crippen LogP contribution < -0.4 is 10.9 Å². The van der Waals surface area contributed by atoms with Gasteiger partial charge in [-0.1, -0.05) is 0 Å². The van der Waals surface area contributed by atoms with Crippen molar-refractivity contribution in [2.45, 2.75) is 13.1 Å². The number of phenols is 1. The van der Waals surface area contributed by atoms with E-state index >= 15 is 0 Å². The summed E-state index contributed by atoms with van der Waals surface area (Å²) >= 11 is 5.96. The van der Waals surface area contributed by atoms with Crippen LogP contribution in [-0.2, 0) is 0 Å². The van der Waals surface area contributed by atoms with Gasteiger partial charge in [0, 0.05) is 6.07 Å². The Balaban J connectivity index is 2.81. The van der Waals surface area contributed by atoms with Gasteiger partial charge in [-0.2, -0.15) is 0 Å². The lowest BCUT2D eigenvalue weighted by molar-refractivity contribution is 0.461. The molecule has 1 atom stereocenters. The van der Waals surface area contributed by atoms with E-state index in [9.17, 15) is 9.90 Å². The van der Waals surface area contributed by atoms with E-state index in [0.717, 1.165) is 0 Å². The van der Waals surface area contributed by atoms with Crippen molar-refractivity contribution < 1.29 is 5.11 Å². The number of phenolic OH excluding ortho intramolecular Hbond substituents is 1. The number of nitrogens with zero attached hydrogens (tertiary/aromatic N) is 2.